The highest BCUT2D eigenvalue weighted by atomic mass is 16.5. The minimum Gasteiger partial charge on any atom is -0.465 e. The summed E-state index contributed by atoms with van der Waals surface area (Å²) in [6.45, 7) is 3.47. The number of hydrogen-bond acceptors (Lipinski definition) is 4. The van der Waals surface area contributed by atoms with Gasteiger partial charge in [0.25, 0.3) is 0 Å². The Labute approximate surface area is 78.3 Å². The fraction of sp³-hybridized carbons (Fsp3) is 0.889. The van der Waals surface area contributed by atoms with Crippen molar-refractivity contribution in [3.63, 3.8) is 0 Å². The third kappa shape index (κ3) is 2.19. The highest BCUT2D eigenvalue weighted by Gasteiger charge is 2.40. The molecule has 1 unspecified atom stereocenters. The first-order chi connectivity index (χ1) is 6.25. The van der Waals surface area contributed by atoms with Crippen LogP contribution in [0.15, 0.2) is 0 Å². The Morgan fingerprint density at radius 1 is 1.69 bits per heavy atom. The molecule has 0 amide bonds. The number of esters is 1. The van der Waals surface area contributed by atoms with Crippen molar-refractivity contribution >= 4 is 5.97 Å². The molecule has 0 saturated carbocycles. The van der Waals surface area contributed by atoms with Crippen molar-refractivity contribution in [1.82, 2.24) is 5.32 Å². The molecule has 1 aliphatic heterocycles. The van der Waals surface area contributed by atoms with Crippen LogP contribution in [0.3, 0.4) is 0 Å². The lowest BCUT2D eigenvalue weighted by atomic mass is 9.81. The van der Waals surface area contributed by atoms with Crippen molar-refractivity contribution in [3.05, 3.63) is 0 Å². The molecule has 1 fully saturated rings. The Morgan fingerprint density at radius 2 is 2.46 bits per heavy atom. The molecule has 0 aliphatic carbocycles. The van der Waals surface area contributed by atoms with Crippen molar-refractivity contribution in [2.45, 2.75) is 19.8 Å². The van der Waals surface area contributed by atoms with Gasteiger partial charge in [-0.15, -0.1) is 0 Å². The van der Waals surface area contributed by atoms with Gasteiger partial charge in [-0.2, -0.15) is 0 Å². The summed E-state index contributed by atoms with van der Waals surface area (Å²) in [6, 6.07) is 0. The van der Waals surface area contributed by atoms with E-state index >= 15 is 0 Å². The van der Waals surface area contributed by atoms with Gasteiger partial charge < -0.3 is 15.2 Å². The van der Waals surface area contributed by atoms with E-state index in [9.17, 15) is 9.90 Å². The molecule has 1 saturated heterocycles. The lowest BCUT2D eigenvalue weighted by Gasteiger charge is -2.33. The first-order valence-corrected chi connectivity index (χ1v) is 4.74. The fourth-order valence-corrected chi connectivity index (χ4v) is 1.63. The molecule has 1 rings (SSSR count). The topological polar surface area (TPSA) is 58.6 Å². The molecule has 0 aromatic carbocycles. The molecular weight excluding hydrogens is 170 g/mol. The van der Waals surface area contributed by atoms with E-state index in [0.717, 1.165) is 19.4 Å². The van der Waals surface area contributed by atoms with Gasteiger partial charge in [-0.05, 0) is 26.3 Å². The first kappa shape index (κ1) is 10.5. The predicted molar refractivity (Wildman–Crippen MR) is 48.3 cm³/mol. The number of hydrogen-bond donors (Lipinski definition) is 2. The number of ether oxygens (including phenoxy) is 1. The number of rotatable bonds is 3. The van der Waals surface area contributed by atoms with Crippen LogP contribution >= 0.6 is 0 Å². The highest BCUT2D eigenvalue weighted by Crippen LogP contribution is 2.27. The Balaban J connectivity index is 2.61. The van der Waals surface area contributed by atoms with Gasteiger partial charge in [-0.1, -0.05) is 0 Å². The molecule has 0 bridgehead atoms. The monoisotopic (exact) mass is 187 g/mol. The maximum atomic E-state index is 11.5. The lowest BCUT2D eigenvalue weighted by molar-refractivity contribution is -0.159. The Morgan fingerprint density at radius 3 is 2.92 bits per heavy atom. The maximum Gasteiger partial charge on any atom is 0.315 e. The second kappa shape index (κ2) is 4.58. The van der Waals surface area contributed by atoms with Gasteiger partial charge in [0.15, 0.2) is 0 Å². The lowest BCUT2D eigenvalue weighted by Crippen LogP contribution is -2.48. The van der Waals surface area contributed by atoms with Crippen molar-refractivity contribution in [2.24, 2.45) is 5.41 Å². The van der Waals surface area contributed by atoms with Gasteiger partial charge in [-0.25, -0.2) is 0 Å². The summed E-state index contributed by atoms with van der Waals surface area (Å²) in [5, 5.41) is 12.3. The minimum atomic E-state index is -0.686. The average Bonchev–Trinajstić information content (AvgIpc) is 2.19. The number of nitrogens with one attached hydrogen (secondary N) is 1. The molecule has 1 heterocycles. The van der Waals surface area contributed by atoms with E-state index in [-0.39, 0.29) is 12.6 Å². The van der Waals surface area contributed by atoms with Gasteiger partial charge in [0.1, 0.15) is 5.41 Å². The van der Waals surface area contributed by atoms with Crippen LogP contribution in [-0.4, -0.2) is 37.4 Å². The van der Waals surface area contributed by atoms with Crippen LogP contribution in [0, 0.1) is 5.41 Å². The van der Waals surface area contributed by atoms with E-state index in [1.807, 2.05) is 0 Å². The number of carbonyl (C=O) groups is 1. The van der Waals surface area contributed by atoms with Gasteiger partial charge >= 0.3 is 5.97 Å². The van der Waals surface area contributed by atoms with Crippen LogP contribution in [0.5, 0.6) is 0 Å². The molecule has 13 heavy (non-hydrogen) atoms. The second-order valence-corrected chi connectivity index (χ2v) is 3.44. The zero-order chi connectivity index (χ0) is 9.73. The van der Waals surface area contributed by atoms with Crippen molar-refractivity contribution in [1.29, 1.82) is 0 Å². The second-order valence-electron chi connectivity index (χ2n) is 3.44. The number of carbonyl (C=O) groups excluding carboxylic acids is 1. The summed E-state index contributed by atoms with van der Waals surface area (Å²) in [7, 11) is 0. The number of aliphatic hydroxyl groups excluding tert-OH is 1. The van der Waals surface area contributed by atoms with E-state index in [4.69, 9.17) is 4.74 Å². The van der Waals surface area contributed by atoms with Gasteiger partial charge in [0.05, 0.1) is 13.2 Å². The molecule has 0 aromatic rings. The van der Waals surface area contributed by atoms with Crippen LogP contribution in [0.25, 0.3) is 0 Å². The third-order valence-corrected chi connectivity index (χ3v) is 2.48. The maximum absolute atomic E-state index is 11.5. The van der Waals surface area contributed by atoms with E-state index in [1.54, 1.807) is 6.92 Å². The summed E-state index contributed by atoms with van der Waals surface area (Å²) in [4.78, 5) is 11.5. The quantitative estimate of drug-likeness (QED) is 0.606. The Bertz CT molecular complexity index is 176. The van der Waals surface area contributed by atoms with E-state index in [2.05, 4.69) is 5.32 Å². The Kier molecular flexibility index (Phi) is 3.69. The van der Waals surface area contributed by atoms with E-state index < -0.39 is 5.41 Å². The van der Waals surface area contributed by atoms with E-state index in [0.29, 0.717) is 13.2 Å². The standard InChI is InChI=1S/C9H17NO3/c1-2-13-8(12)9(7-11)4-3-5-10-6-9/h10-11H,2-7H2,1H3. The summed E-state index contributed by atoms with van der Waals surface area (Å²) >= 11 is 0. The normalized spacial score (nSPS) is 28.5. The number of piperidine rings is 1. The molecule has 1 atom stereocenters. The molecule has 76 valence electrons. The third-order valence-electron chi connectivity index (χ3n) is 2.48. The fourth-order valence-electron chi connectivity index (χ4n) is 1.63. The van der Waals surface area contributed by atoms with Crippen LogP contribution in [0.1, 0.15) is 19.8 Å². The summed E-state index contributed by atoms with van der Waals surface area (Å²) in [5.41, 5.74) is -0.686. The molecule has 2 N–H and O–H groups in total. The van der Waals surface area contributed by atoms with Crippen LogP contribution in [0.4, 0.5) is 0 Å². The van der Waals surface area contributed by atoms with Crippen molar-refractivity contribution < 1.29 is 14.6 Å². The van der Waals surface area contributed by atoms with Gasteiger partial charge in [0, 0.05) is 6.54 Å². The zero-order valence-electron chi connectivity index (χ0n) is 8.01. The summed E-state index contributed by atoms with van der Waals surface area (Å²) < 4.78 is 4.94. The molecule has 0 spiro atoms. The van der Waals surface area contributed by atoms with E-state index in [1.165, 1.54) is 0 Å². The minimum absolute atomic E-state index is 0.126. The zero-order valence-corrected chi connectivity index (χ0v) is 8.01. The van der Waals surface area contributed by atoms with Crippen molar-refractivity contribution in [2.75, 3.05) is 26.3 Å². The van der Waals surface area contributed by atoms with Crippen LogP contribution in [-0.2, 0) is 9.53 Å². The first-order valence-electron chi connectivity index (χ1n) is 4.74. The predicted octanol–water partition coefficient (Wildman–Crippen LogP) is -0.0884. The molecule has 0 radical (unpaired) electrons. The van der Waals surface area contributed by atoms with Gasteiger partial charge in [0.2, 0.25) is 0 Å². The van der Waals surface area contributed by atoms with Crippen LogP contribution in [0.2, 0.25) is 0 Å². The smallest absolute Gasteiger partial charge is 0.315 e. The van der Waals surface area contributed by atoms with Crippen molar-refractivity contribution in [3.8, 4) is 0 Å². The Hall–Kier alpha value is -0.610. The average molecular weight is 187 g/mol. The molecule has 1 aliphatic rings. The number of aliphatic hydroxyl groups is 1. The summed E-state index contributed by atoms with van der Waals surface area (Å²) in [5.74, 6) is -0.273. The largest absolute Gasteiger partial charge is 0.465 e. The van der Waals surface area contributed by atoms with Crippen LogP contribution < -0.4 is 5.32 Å². The highest BCUT2D eigenvalue weighted by molar-refractivity contribution is 5.77. The molecule has 0 aromatic heterocycles. The molecular formula is C9H17NO3. The molecule has 4 nitrogen and oxygen atoms in total. The van der Waals surface area contributed by atoms with Gasteiger partial charge in [-0.3, -0.25) is 4.79 Å². The summed E-state index contributed by atoms with van der Waals surface area (Å²) in [6.07, 6.45) is 1.63. The molecule has 4 heteroatoms. The SMILES string of the molecule is CCOC(=O)C1(CO)CCCNC1.